The van der Waals surface area contributed by atoms with Crippen molar-refractivity contribution in [1.82, 2.24) is 0 Å². The van der Waals surface area contributed by atoms with Gasteiger partial charge < -0.3 is 10.0 Å². The third-order valence-electron chi connectivity index (χ3n) is 2.87. The van der Waals surface area contributed by atoms with E-state index in [9.17, 15) is 9.18 Å². The minimum Gasteiger partial charge on any atom is -0.480 e. The standard InChI is InChI=1S/C15H12BrClFNO2/c16-14-5-4-12(18)6-10(14)8-19(9-15(20)21)13-3-1-2-11(17)7-13/h1-7H,8-9H2,(H,20,21). The van der Waals surface area contributed by atoms with Gasteiger partial charge in [0.2, 0.25) is 0 Å². The van der Waals surface area contributed by atoms with E-state index in [0.717, 1.165) is 4.47 Å². The number of anilines is 1. The van der Waals surface area contributed by atoms with Crippen LogP contribution < -0.4 is 4.90 Å². The predicted molar refractivity (Wildman–Crippen MR) is 84.2 cm³/mol. The van der Waals surface area contributed by atoms with Gasteiger partial charge in [0.25, 0.3) is 0 Å². The third kappa shape index (κ3) is 4.44. The number of carbonyl (C=O) groups is 1. The van der Waals surface area contributed by atoms with Gasteiger partial charge in [-0.2, -0.15) is 0 Å². The molecule has 0 saturated carbocycles. The first-order valence-electron chi connectivity index (χ1n) is 6.12. The fourth-order valence-corrected chi connectivity index (χ4v) is 2.50. The van der Waals surface area contributed by atoms with Crippen molar-refractivity contribution in [3.8, 4) is 0 Å². The third-order valence-corrected chi connectivity index (χ3v) is 3.88. The highest BCUT2D eigenvalue weighted by molar-refractivity contribution is 9.10. The van der Waals surface area contributed by atoms with E-state index in [1.807, 2.05) is 0 Å². The molecule has 0 aliphatic rings. The predicted octanol–water partition coefficient (Wildman–Crippen LogP) is 4.33. The molecule has 2 rings (SSSR count). The fourth-order valence-electron chi connectivity index (χ4n) is 1.94. The van der Waals surface area contributed by atoms with Gasteiger partial charge in [0.15, 0.2) is 0 Å². The number of aliphatic carboxylic acids is 1. The maximum absolute atomic E-state index is 13.3. The van der Waals surface area contributed by atoms with Crippen LogP contribution in [-0.4, -0.2) is 17.6 Å². The van der Waals surface area contributed by atoms with Crippen molar-refractivity contribution < 1.29 is 14.3 Å². The van der Waals surface area contributed by atoms with Crippen LogP contribution in [0, 0.1) is 5.82 Å². The molecule has 1 N–H and O–H groups in total. The second-order valence-electron chi connectivity index (χ2n) is 4.47. The summed E-state index contributed by atoms with van der Waals surface area (Å²) < 4.78 is 14.1. The molecule has 0 heterocycles. The summed E-state index contributed by atoms with van der Waals surface area (Å²) in [6.07, 6.45) is 0. The molecular weight excluding hydrogens is 361 g/mol. The Kier molecular flexibility index (Phi) is 5.20. The molecule has 2 aromatic carbocycles. The van der Waals surface area contributed by atoms with Gasteiger partial charge in [-0.15, -0.1) is 0 Å². The van der Waals surface area contributed by atoms with E-state index >= 15 is 0 Å². The van der Waals surface area contributed by atoms with E-state index in [1.165, 1.54) is 12.1 Å². The first-order chi connectivity index (χ1) is 9.95. The number of hydrogen-bond acceptors (Lipinski definition) is 2. The lowest BCUT2D eigenvalue weighted by Crippen LogP contribution is -2.29. The molecule has 0 aliphatic heterocycles. The molecule has 0 spiro atoms. The van der Waals surface area contributed by atoms with Crippen LogP contribution in [0.15, 0.2) is 46.9 Å². The first kappa shape index (κ1) is 15.8. The van der Waals surface area contributed by atoms with Gasteiger partial charge in [-0.05, 0) is 42.0 Å². The Labute approximate surface area is 135 Å². The summed E-state index contributed by atoms with van der Waals surface area (Å²) in [6, 6.07) is 11.2. The summed E-state index contributed by atoms with van der Waals surface area (Å²) in [5.41, 5.74) is 1.33. The van der Waals surface area contributed by atoms with Gasteiger partial charge in [-0.1, -0.05) is 33.6 Å². The summed E-state index contributed by atoms with van der Waals surface area (Å²) in [5, 5.41) is 9.57. The number of benzene rings is 2. The van der Waals surface area contributed by atoms with Crippen LogP contribution in [0.4, 0.5) is 10.1 Å². The van der Waals surface area contributed by atoms with E-state index in [-0.39, 0.29) is 18.9 Å². The maximum Gasteiger partial charge on any atom is 0.323 e. The number of nitrogens with zero attached hydrogens (tertiary/aromatic N) is 1. The Morgan fingerprint density at radius 1 is 1.29 bits per heavy atom. The lowest BCUT2D eigenvalue weighted by atomic mass is 10.2. The topological polar surface area (TPSA) is 40.5 Å². The molecule has 21 heavy (non-hydrogen) atoms. The van der Waals surface area contributed by atoms with Crippen LogP contribution in [0.25, 0.3) is 0 Å². The molecule has 0 amide bonds. The zero-order valence-corrected chi connectivity index (χ0v) is 13.2. The highest BCUT2D eigenvalue weighted by Gasteiger charge is 2.14. The van der Waals surface area contributed by atoms with Gasteiger partial charge in [-0.3, -0.25) is 4.79 Å². The number of halogens is 3. The summed E-state index contributed by atoms with van der Waals surface area (Å²) in [4.78, 5) is 12.7. The van der Waals surface area contributed by atoms with Crippen LogP contribution >= 0.6 is 27.5 Å². The van der Waals surface area contributed by atoms with Gasteiger partial charge in [0.05, 0.1) is 0 Å². The molecule has 0 bridgehead atoms. The van der Waals surface area contributed by atoms with Crippen molar-refractivity contribution in [3.05, 3.63) is 63.3 Å². The minimum atomic E-state index is -0.970. The Balaban J connectivity index is 2.32. The van der Waals surface area contributed by atoms with Crippen molar-refractivity contribution in [2.75, 3.05) is 11.4 Å². The first-order valence-corrected chi connectivity index (χ1v) is 7.29. The summed E-state index contributed by atoms with van der Waals surface area (Å²) in [5.74, 6) is -1.34. The Bertz CT molecular complexity index is 666. The number of hydrogen-bond donors (Lipinski definition) is 1. The van der Waals surface area contributed by atoms with Crippen molar-refractivity contribution in [3.63, 3.8) is 0 Å². The van der Waals surface area contributed by atoms with E-state index in [0.29, 0.717) is 16.3 Å². The monoisotopic (exact) mass is 371 g/mol. The van der Waals surface area contributed by atoms with Gasteiger partial charge >= 0.3 is 5.97 Å². The van der Waals surface area contributed by atoms with Crippen molar-refractivity contribution in [1.29, 1.82) is 0 Å². The summed E-state index contributed by atoms with van der Waals surface area (Å²) >= 11 is 9.29. The van der Waals surface area contributed by atoms with Gasteiger partial charge in [0, 0.05) is 21.7 Å². The smallest absolute Gasteiger partial charge is 0.323 e. The van der Waals surface area contributed by atoms with Crippen LogP contribution in [0.2, 0.25) is 5.02 Å². The van der Waals surface area contributed by atoms with Crippen LogP contribution in [0.1, 0.15) is 5.56 Å². The van der Waals surface area contributed by atoms with Crippen molar-refractivity contribution in [2.45, 2.75) is 6.54 Å². The summed E-state index contributed by atoms with van der Waals surface area (Å²) in [6.45, 7) is 0.0499. The normalized spacial score (nSPS) is 10.4. The van der Waals surface area contributed by atoms with Crippen molar-refractivity contribution in [2.24, 2.45) is 0 Å². The molecule has 6 heteroatoms. The molecule has 0 aliphatic carbocycles. The molecule has 3 nitrogen and oxygen atoms in total. The largest absolute Gasteiger partial charge is 0.480 e. The second-order valence-corrected chi connectivity index (χ2v) is 5.76. The Morgan fingerprint density at radius 3 is 2.71 bits per heavy atom. The number of carboxylic acids is 1. The molecular formula is C15H12BrClFNO2. The zero-order valence-electron chi connectivity index (χ0n) is 10.9. The van der Waals surface area contributed by atoms with E-state index in [4.69, 9.17) is 16.7 Å². The van der Waals surface area contributed by atoms with E-state index < -0.39 is 5.97 Å². The number of rotatable bonds is 5. The van der Waals surface area contributed by atoms with Crippen molar-refractivity contribution >= 4 is 39.2 Å². The quantitative estimate of drug-likeness (QED) is 0.849. The molecule has 0 saturated heterocycles. The minimum absolute atomic E-state index is 0.205. The number of carboxylic acid groups (broad SMARTS) is 1. The summed E-state index contributed by atoms with van der Waals surface area (Å²) in [7, 11) is 0. The Hall–Kier alpha value is -1.59. The molecule has 110 valence electrons. The van der Waals surface area contributed by atoms with E-state index in [1.54, 1.807) is 35.2 Å². The second kappa shape index (κ2) is 6.91. The molecule has 0 radical (unpaired) electrons. The van der Waals surface area contributed by atoms with Crippen LogP contribution in [0.3, 0.4) is 0 Å². The van der Waals surface area contributed by atoms with E-state index in [2.05, 4.69) is 15.9 Å². The molecule has 2 aromatic rings. The van der Waals surface area contributed by atoms with Crippen LogP contribution in [0.5, 0.6) is 0 Å². The average molecular weight is 373 g/mol. The lowest BCUT2D eigenvalue weighted by molar-refractivity contribution is -0.135. The van der Waals surface area contributed by atoms with Gasteiger partial charge in [0.1, 0.15) is 12.4 Å². The molecule has 0 unspecified atom stereocenters. The maximum atomic E-state index is 13.3. The Morgan fingerprint density at radius 2 is 2.05 bits per heavy atom. The fraction of sp³-hybridized carbons (Fsp3) is 0.133. The molecule has 0 aromatic heterocycles. The highest BCUT2D eigenvalue weighted by Crippen LogP contribution is 2.25. The molecule has 0 atom stereocenters. The SMILES string of the molecule is O=C(O)CN(Cc1cc(F)ccc1Br)c1cccc(Cl)c1. The van der Waals surface area contributed by atoms with Crippen LogP contribution in [-0.2, 0) is 11.3 Å². The zero-order chi connectivity index (χ0) is 15.4. The average Bonchev–Trinajstić information content (AvgIpc) is 2.41. The van der Waals surface area contributed by atoms with Gasteiger partial charge in [-0.25, -0.2) is 4.39 Å². The highest BCUT2D eigenvalue weighted by atomic mass is 79.9. The molecule has 0 fully saturated rings. The lowest BCUT2D eigenvalue weighted by Gasteiger charge is -2.23.